The molecule has 5 rings (SSSR count). The highest BCUT2D eigenvalue weighted by Crippen LogP contribution is 2.37. The summed E-state index contributed by atoms with van der Waals surface area (Å²) in [6.07, 6.45) is 2.40. The number of hydrogen-bond donors (Lipinski definition) is 1. The molecule has 2 aromatic heterocycles. The molecular weight excluding hydrogens is 408 g/mol. The van der Waals surface area contributed by atoms with E-state index in [0.717, 1.165) is 21.7 Å². The monoisotopic (exact) mass is 430 g/mol. The van der Waals surface area contributed by atoms with Crippen LogP contribution in [0.2, 0.25) is 0 Å². The second-order valence-electron chi connectivity index (χ2n) is 8.10. The van der Waals surface area contributed by atoms with E-state index in [2.05, 4.69) is 24.4 Å². The Bertz CT molecular complexity index is 1320. The van der Waals surface area contributed by atoms with Gasteiger partial charge in [-0.3, -0.25) is 4.79 Å². The molecule has 0 fully saturated rings. The lowest BCUT2D eigenvalue weighted by Gasteiger charge is -2.29. The maximum atomic E-state index is 13.7. The number of fused-ring (bicyclic) bond motifs is 3. The van der Waals surface area contributed by atoms with Gasteiger partial charge in [-0.05, 0) is 37.1 Å². The summed E-state index contributed by atoms with van der Waals surface area (Å²) in [6.45, 7) is 4.61. The third-order valence-corrected chi connectivity index (χ3v) is 6.40. The fourth-order valence-corrected chi connectivity index (χ4v) is 4.88. The maximum absolute atomic E-state index is 13.7. The first-order chi connectivity index (χ1) is 15.0. The normalized spacial score (nSPS) is 15.3. The molecule has 0 amide bonds. The number of benzene rings is 2. The van der Waals surface area contributed by atoms with Gasteiger partial charge in [-0.1, -0.05) is 48.5 Å². The molecule has 1 N–H and O–H groups in total. The van der Waals surface area contributed by atoms with Crippen molar-refractivity contribution >= 4 is 33.7 Å². The predicted octanol–water partition coefficient (Wildman–Crippen LogP) is 4.74. The molecule has 0 unspecified atom stereocenters. The Morgan fingerprint density at radius 3 is 2.58 bits per heavy atom. The number of nitrogens with one attached hydrogen (secondary N) is 1. The number of aromatic nitrogens is 2. The molecule has 3 heterocycles. The molecule has 0 atom stereocenters. The Kier molecular flexibility index (Phi) is 4.92. The minimum absolute atomic E-state index is 0.0937. The van der Waals surface area contributed by atoms with E-state index in [9.17, 15) is 4.79 Å². The van der Waals surface area contributed by atoms with Crippen molar-refractivity contribution in [3.05, 3.63) is 87.0 Å². The van der Waals surface area contributed by atoms with Crippen LogP contribution in [0.15, 0.2) is 70.6 Å². The Hall–Kier alpha value is -3.29. The summed E-state index contributed by atoms with van der Waals surface area (Å²) in [6, 6.07) is 19.3. The van der Waals surface area contributed by atoms with Gasteiger partial charge in [0.2, 0.25) is 5.95 Å². The van der Waals surface area contributed by atoms with E-state index in [1.807, 2.05) is 60.7 Å². The van der Waals surface area contributed by atoms with E-state index in [1.165, 1.54) is 11.3 Å². The average Bonchev–Trinajstić information content (AvgIpc) is 3.12. The summed E-state index contributed by atoms with van der Waals surface area (Å²) in [5, 5.41) is 5.01. The fraction of sp³-hybridized carbons (Fsp3) is 0.208. The number of hydrazone groups is 1. The molecule has 0 bridgehead atoms. The summed E-state index contributed by atoms with van der Waals surface area (Å²) in [4.78, 5) is 20.3. The molecule has 0 radical (unpaired) electrons. The Morgan fingerprint density at radius 2 is 1.84 bits per heavy atom. The highest BCUT2D eigenvalue weighted by atomic mass is 32.1. The van der Waals surface area contributed by atoms with Gasteiger partial charge < -0.3 is 4.74 Å². The van der Waals surface area contributed by atoms with Crippen LogP contribution < -0.4 is 11.0 Å². The lowest BCUT2D eigenvalue weighted by atomic mass is 9.94. The molecule has 0 aliphatic carbocycles. The lowest BCUT2D eigenvalue weighted by Crippen LogP contribution is -2.32. The van der Waals surface area contributed by atoms with Gasteiger partial charge in [0, 0.05) is 11.3 Å². The zero-order valence-electron chi connectivity index (χ0n) is 17.3. The number of rotatable bonds is 4. The van der Waals surface area contributed by atoms with E-state index >= 15 is 0 Å². The maximum Gasteiger partial charge on any atom is 0.268 e. The molecule has 156 valence electrons. The largest absolute Gasteiger partial charge is 0.370 e. The van der Waals surface area contributed by atoms with Gasteiger partial charge in [0.05, 0.1) is 29.5 Å². The SMILES string of the molecule is CC1(C)Cc2c(sc3nc(NN=Cc4ccccc4)n(-c4ccccc4)c(=O)c23)CO1. The van der Waals surface area contributed by atoms with E-state index in [4.69, 9.17) is 9.72 Å². The lowest BCUT2D eigenvalue weighted by molar-refractivity contribution is -0.0379. The second kappa shape index (κ2) is 7.76. The van der Waals surface area contributed by atoms with Crippen LogP contribution in [0.5, 0.6) is 0 Å². The highest BCUT2D eigenvalue weighted by molar-refractivity contribution is 7.18. The molecule has 0 spiro atoms. The van der Waals surface area contributed by atoms with Crippen molar-refractivity contribution < 1.29 is 4.74 Å². The summed E-state index contributed by atoms with van der Waals surface area (Å²) in [7, 11) is 0. The van der Waals surface area contributed by atoms with Crippen molar-refractivity contribution in [3.8, 4) is 5.69 Å². The molecule has 7 heteroatoms. The fourth-order valence-electron chi connectivity index (χ4n) is 3.79. The molecule has 2 aromatic carbocycles. The number of hydrogen-bond acceptors (Lipinski definition) is 6. The first kappa shape index (κ1) is 19.7. The minimum Gasteiger partial charge on any atom is -0.370 e. The van der Waals surface area contributed by atoms with Gasteiger partial charge in [0.25, 0.3) is 5.56 Å². The number of thiophene rings is 1. The zero-order valence-corrected chi connectivity index (χ0v) is 18.1. The van der Waals surface area contributed by atoms with Gasteiger partial charge in [0.15, 0.2) is 0 Å². The predicted molar refractivity (Wildman–Crippen MR) is 125 cm³/mol. The smallest absolute Gasteiger partial charge is 0.268 e. The molecular formula is C24H22N4O2S. The third kappa shape index (κ3) is 3.78. The Labute approximate surface area is 183 Å². The van der Waals surface area contributed by atoms with Crippen LogP contribution >= 0.6 is 11.3 Å². The van der Waals surface area contributed by atoms with Gasteiger partial charge >= 0.3 is 0 Å². The summed E-state index contributed by atoms with van der Waals surface area (Å²) in [5.74, 6) is 0.384. The minimum atomic E-state index is -0.304. The molecule has 6 nitrogen and oxygen atoms in total. The first-order valence-corrected chi connectivity index (χ1v) is 10.9. The van der Waals surface area contributed by atoms with Gasteiger partial charge in [-0.15, -0.1) is 11.3 Å². The van der Waals surface area contributed by atoms with Crippen molar-refractivity contribution in [3.63, 3.8) is 0 Å². The Morgan fingerprint density at radius 1 is 1.13 bits per heavy atom. The zero-order chi connectivity index (χ0) is 21.4. The van der Waals surface area contributed by atoms with Crippen LogP contribution in [0, 0.1) is 0 Å². The van der Waals surface area contributed by atoms with Gasteiger partial charge in [-0.2, -0.15) is 5.10 Å². The van der Waals surface area contributed by atoms with Crippen LogP contribution in [0.25, 0.3) is 15.9 Å². The van der Waals surface area contributed by atoms with Crippen LogP contribution in [0.4, 0.5) is 5.95 Å². The number of nitrogens with zero attached hydrogens (tertiary/aromatic N) is 3. The number of anilines is 1. The van der Waals surface area contributed by atoms with Crippen molar-refractivity contribution in [1.82, 2.24) is 9.55 Å². The quantitative estimate of drug-likeness (QED) is 0.375. The van der Waals surface area contributed by atoms with E-state index in [-0.39, 0.29) is 11.2 Å². The van der Waals surface area contributed by atoms with Gasteiger partial charge in [0.1, 0.15) is 4.83 Å². The molecule has 0 saturated heterocycles. The molecule has 31 heavy (non-hydrogen) atoms. The Balaban J connectivity index is 1.66. The summed E-state index contributed by atoms with van der Waals surface area (Å²) < 4.78 is 7.55. The van der Waals surface area contributed by atoms with Gasteiger partial charge in [-0.25, -0.2) is 15.0 Å². The van der Waals surface area contributed by atoms with Crippen LogP contribution in [-0.4, -0.2) is 21.4 Å². The molecule has 0 saturated carbocycles. The van der Waals surface area contributed by atoms with E-state index in [0.29, 0.717) is 29.2 Å². The van der Waals surface area contributed by atoms with Crippen molar-refractivity contribution in [2.75, 3.05) is 5.43 Å². The number of ether oxygens (including phenoxy) is 1. The van der Waals surface area contributed by atoms with Crippen LogP contribution in [0.3, 0.4) is 0 Å². The third-order valence-electron chi connectivity index (χ3n) is 5.30. The van der Waals surface area contributed by atoms with Crippen LogP contribution in [0.1, 0.15) is 29.9 Å². The van der Waals surface area contributed by atoms with Crippen LogP contribution in [-0.2, 0) is 17.8 Å². The topological polar surface area (TPSA) is 68.5 Å². The average molecular weight is 431 g/mol. The number of para-hydroxylation sites is 1. The first-order valence-electron chi connectivity index (χ1n) is 10.1. The van der Waals surface area contributed by atoms with E-state index in [1.54, 1.807) is 10.8 Å². The standard InChI is InChI=1S/C24H22N4O2S/c1-24(2)13-18-19(15-30-24)31-21-20(18)22(29)28(17-11-7-4-8-12-17)23(26-21)27-25-14-16-9-5-3-6-10-16/h3-12,14H,13,15H2,1-2H3,(H,26,27). The summed E-state index contributed by atoms with van der Waals surface area (Å²) in [5.41, 5.74) is 5.34. The molecule has 1 aliphatic rings. The highest BCUT2D eigenvalue weighted by Gasteiger charge is 2.31. The van der Waals surface area contributed by atoms with Crippen molar-refractivity contribution in [2.45, 2.75) is 32.5 Å². The second-order valence-corrected chi connectivity index (χ2v) is 9.18. The van der Waals surface area contributed by atoms with Crippen molar-refractivity contribution in [2.24, 2.45) is 5.10 Å². The molecule has 4 aromatic rings. The summed E-state index contributed by atoms with van der Waals surface area (Å²) >= 11 is 1.52. The van der Waals surface area contributed by atoms with E-state index < -0.39 is 0 Å². The molecule has 1 aliphatic heterocycles. The van der Waals surface area contributed by atoms with Crippen molar-refractivity contribution in [1.29, 1.82) is 0 Å².